The summed E-state index contributed by atoms with van der Waals surface area (Å²) in [5.74, 6) is 0. The topological polar surface area (TPSA) is 41.0 Å². The molecule has 0 saturated carbocycles. The number of hydrogen-bond acceptors (Lipinski definition) is 2. The van der Waals surface area contributed by atoms with Crippen LogP contribution in [0.5, 0.6) is 0 Å². The number of nitrogens with zero attached hydrogens (tertiary/aromatic N) is 3. The van der Waals surface area contributed by atoms with Crippen LogP contribution in [0.25, 0.3) is 27.2 Å². The summed E-state index contributed by atoms with van der Waals surface area (Å²) in [6.07, 6.45) is 1.82. The van der Waals surface area contributed by atoms with Gasteiger partial charge in [-0.25, -0.2) is 4.85 Å². The zero-order valence-electron chi connectivity index (χ0n) is 11.7. The van der Waals surface area contributed by atoms with Gasteiger partial charge < -0.3 is 0 Å². The van der Waals surface area contributed by atoms with Gasteiger partial charge in [-0.2, -0.15) is 5.26 Å². The van der Waals surface area contributed by atoms with E-state index in [4.69, 9.17) is 11.8 Å². The second-order valence-corrected chi connectivity index (χ2v) is 4.75. The monoisotopic (exact) mass is 281 g/mol. The van der Waals surface area contributed by atoms with E-state index in [1.165, 1.54) is 0 Å². The van der Waals surface area contributed by atoms with Crippen molar-refractivity contribution in [3.8, 4) is 28.5 Å². The van der Waals surface area contributed by atoms with Crippen molar-refractivity contribution in [2.45, 2.75) is 0 Å². The molecule has 0 unspecified atom stereocenters. The van der Waals surface area contributed by atoms with Crippen LogP contribution in [0.3, 0.4) is 0 Å². The van der Waals surface area contributed by atoms with Crippen LogP contribution in [0.15, 0.2) is 66.9 Å². The molecule has 3 heteroatoms. The molecule has 0 bridgehead atoms. The van der Waals surface area contributed by atoms with Crippen molar-refractivity contribution >= 4 is 5.69 Å². The van der Waals surface area contributed by atoms with Crippen molar-refractivity contribution < 1.29 is 0 Å². The summed E-state index contributed by atoms with van der Waals surface area (Å²) < 4.78 is 0. The molecule has 0 spiro atoms. The van der Waals surface area contributed by atoms with E-state index >= 15 is 0 Å². The maximum Gasteiger partial charge on any atom is 0.205 e. The van der Waals surface area contributed by atoms with Crippen LogP contribution in [0.4, 0.5) is 5.69 Å². The molecule has 0 aliphatic rings. The molecule has 3 nitrogen and oxygen atoms in total. The van der Waals surface area contributed by atoms with Gasteiger partial charge in [-0.05, 0) is 23.3 Å². The highest BCUT2D eigenvalue weighted by atomic mass is 14.7. The number of nitriles is 1. The molecule has 3 rings (SSSR count). The van der Waals surface area contributed by atoms with Crippen molar-refractivity contribution in [1.82, 2.24) is 4.98 Å². The van der Waals surface area contributed by atoms with Gasteiger partial charge in [0.15, 0.2) is 0 Å². The van der Waals surface area contributed by atoms with Gasteiger partial charge in [-0.3, -0.25) is 4.98 Å². The van der Waals surface area contributed by atoms with Crippen LogP contribution < -0.4 is 0 Å². The number of hydrogen-bond donors (Lipinski definition) is 0. The minimum absolute atomic E-state index is 0.355. The van der Waals surface area contributed by atoms with Gasteiger partial charge in [0.05, 0.1) is 23.9 Å². The maximum atomic E-state index is 8.96. The molecule has 0 radical (unpaired) electrons. The zero-order valence-corrected chi connectivity index (χ0v) is 11.7. The molecule has 1 aromatic heterocycles. The molecule has 3 aromatic rings. The molecule has 0 aliphatic carbocycles. The molecule has 0 atom stereocenters. The minimum Gasteiger partial charge on any atom is -0.256 e. The summed E-state index contributed by atoms with van der Waals surface area (Å²) in [5, 5.41) is 8.96. The van der Waals surface area contributed by atoms with Crippen molar-refractivity contribution in [2.75, 3.05) is 0 Å². The predicted octanol–water partition coefficient (Wildman–Crippen LogP) is 4.84. The summed E-state index contributed by atoms with van der Waals surface area (Å²) in [5.41, 5.74) is 4.53. The molecule has 102 valence electrons. The average Bonchev–Trinajstić information content (AvgIpc) is 2.62. The maximum absolute atomic E-state index is 8.96. The van der Waals surface area contributed by atoms with Gasteiger partial charge in [-0.1, -0.05) is 48.5 Å². The SMILES string of the molecule is [C-]#[N+]c1cc(-c2ccc(-c3ccccc3)cn2)ccc1C#N. The lowest BCUT2D eigenvalue weighted by Gasteiger charge is -2.05. The highest BCUT2D eigenvalue weighted by Crippen LogP contribution is 2.27. The first-order valence-electron chi connectivity index (χ1n) is 6.75. The molecule has 0 N–H and O–H groups in total. The third-order valence-corrected chi connectivity index (χ3v) is 3.41. The Morgan fingerprint density at radius 2 is 1.68 bits per heavy atom. The number of rotatable bonds is 2. The Balaban J connectivity index is 1.97. The first-order valence-corrected chi connectivity index (χ1v) is 6.75. The lowest BCUT2D eigenvalue weighted by molar-refractivity contribution is 1.32. The van der Waals surface area contributed by atoms with E-state index in [0.29, 0.717) is 11.3 Å². The summed E-state index contributed by atoms with van der Waals surface area (Å²) in [4.78, 5) is 7.86. The Hall–Kier alpha value is -3.43. The lowest BCUT2D eigenvalue weighted by Crippen LogP contribution is -1.86. The van der Waals surface area contributed by atoms with Crippen LogP contribution >= 0.6 is 0 Å². The summed E-state index contributed by atoms with van der Waals surface area (Å²) in [6.45, 7) is 7.15. The van der Waals surface area contributed by atoms with Crippen molar-refractivity contribution in [3.05, 3.63) is 83.8 Å². The van der Waals surface area contributed by atoms with E-state index < -0.39 is 0 Å². The second kappa shape index (κ2) is 5.91. The van der Waals surface area contributed by atoms with Crippen LogP contribution in [-0.2, 0) is 0 Å². The van der Waals surface area contributed by atoms with Gasteiger partial charge in [-0.15, -0.1) is 0 Å². The third kappa shape index (κ3) is 2.57. The van der Waals surface area contributed by atoms with Crippen LogP contribution in [0.1, 0.15) is 5.56 Å². The Morgan fingerprint density at radius 1 is 0.909 bits per heavy atom. The smallest absolute Gasteiger partial charge is 0.205 e. The van der Waals surface area contributed by atoms with E-state index in [1.54, 1.807) is 12.1 Å². The molecule has 0 aliphatic heterocycles. The van der Waals surface area contributed by atoms with Crippen molar-refractivity contribution in [1.29, 1.82) is 5.26 Å². The third-order valence-electron chi connectivity index (χ3n) is 3.41. The Morgan fingerprint density at radius 3 is 2.32 bits per heavy atom. The van der Waals surface area contributed by atoms with Gasteiger partial charge in [0.2, 0.25) is 5.69 Å². The van der Waals surface area contributed by atoms with Crippen LogP contribution in [0, 0.1) is 17.9 Å². The Kier molecular flexibility index (Phi) is 3.64. The Bertz CT molecular complexity index is 883. The molecule has 22 heavy (non-hydrogen) atoms. The predicted molar refractivity (Wildman–Crippen MR) is 86.1 cm³/mol. The van der Waals surface area contributed by atoms with Crippen molar-refractivity contribution in [2.24, 2.45) is 0 Å². The summed E-state index contributed by atoms with van der Waals surface area (Å²) in [6, 6.07) is 21.2. The highest BCUT2D eigenvalue weighted by Gasteiger charge is 2.06. The fourth-order valence-corrected chi connectivity index (χ4v) is 2.24. The molecular formula is C19H11N3. The van der Waals surface area contributed by atoms with E-state index in [-0.39, 0.29) is 0 Å². The highest BCUT2D eigenvalue weighted by molar-refractivity contribution is 5.72. The minimum atomic E-state index is 0.355. The van der Waals surface area contributed by atoms with Gasteiger partial charge in [0.25, 0.3) is 0 Å². The summed E-state index contributed by atoms with van der Waals surface area (Å²) >= 11 is 0. The second-order valence-electron chi connectivity index (χ2n) is 4.75. The largest absolute Gasteiger partial charge is 0.256 e. The first kappa shape index (κ1) is 13.5. The molecular weight excluding hydrogens is 270 g/mol. The average molecular weight is 281 g/mol. The summed E-state index contributed by atoms with van der Waals surface area (Å²) in [7, 11) is 0. The van der Waals surface area contributed by atoms with Crippen molar-refractivity contribution in [3.63, 3.8) is 0 Å². The molecule has 0 saturated heterocycles. The molecule has 1 heterocycles. The lowest BCUT2D eigenvalue weighted by atomic mass is 10.0. The van der Waals surface area contributed by atoms with Gasteiger partial charge >= 0.3 is 0 Å². The van der Waals surface area contributed by atoms with Crippen LogP contribution in [-0.4, -0.2) is 4.98 Å². The zero-order chi connectivity index (χ0) is 15.4. The molecule has 0 amide bonds. The molecule has 2 aromatic carbocycles. The normalized spacial score (nSPS) is 9.73. The van der Waals surface area contributed by atoms with E-state index in [1.807, 2.05) is 60.8 Å². The van der Waals surface area contributed by atoms with Gasteiger partial charge in [0.1, 0.15) is 0 Å². The van der Waals surface area contributed by atoms with Gasteiger partial charge in [0, 0.05) is 11.8 Å². The first-order chi connectivity index (χ1) is 10.8. The van der Waals surface area contributed by atoms with E-state index in [9.17, 15) is 0 Å². The number of aromatic nitrogens is 1. The standard InChI is InChI=1S/C19H11N3/c1-21-19-11-15(7-8-16(19)12-20)18-10-9-17(13-22-18)14-5-3-2-4-6-14/h2-11,13H. The fraction of sp³-hybridized carbons (Fsp3) is 0. The number of benzene rings is 2. The molecule has 0 fully saturated rings. The van der Waals surface area contributed by atoms with Crippen LogP contribution in [0.2, 0.25) is 0 Å². The van der Waals surface area contributed by atoms with E-state index in [2.05, 4.69) is 9.83 Å². The quantitative estimate of drug-likeness (QED) is 0.631. The number of pyridine rings is 1. The fourth-order valence-electron chi connectivity index (χ4n) is 2.24. The Labute approximate surface area is 128 Å². The van der Waals surface area contributed by atoms with E-state index in [0.717, 1.165) is 22.4 Å².